The van der Waals surface area contributed by atoms with Crippen LogP contribution in [0.15, 0.2) is 48.0 Å². The Morgan fingerprint density at radius 2 is 2.05 bits per heavy atom. The fourth-order valence-corrected chi connectivity index (χ4v) is 2.40. The molecule has 0 aromatic heterocycles. The van der Waals surface area contributed by atoms with Crippen LogP contribution in [0.5, 0.6) is 5.75 Å². The van der Waals surface area contributed by atoms with Gasteiger partial charge in [-0.05, 0) is 58.5 Å². The molecular formula is C16H10ClIN2O2. The molecule has 1 amide bonds. The van der Waals surface area contributed by atoms with Gasteiger partial charge in [0.1, 0.15) is 17.4 Å². The molecule has 110 valence electrons. The number of nitrogens with one attached hydrogen (secondary N) is 1. The first kappa shape index (κ1) is 16.3. The molecule has 0 saturated carbocycles. The summed E-state index contributed by atoms with van der Waals surface area (Å²) in [5.74, 6) is -0.393. The molecule has 0 aliphatic carbocycles. The van der Waals surface area contributed by atoms with Gasteiger partial charge >= 0.3 is 0 Å². The van der Waals surface area contributed by atoms with Crippen molar-refractivity contribution >= 4 is 51.9 Å². The minimum atomic E-state index is -0.543. The van der Waals surface area contributed by atoms with Gasteiger partial charge in [0, 0.05) is 0 Å². The molecular weight excluding hydrogens is 415 g/mol. The van der Waals surface area contributed by atoms with Gasteiger partial charge in [-0.2, -0.15) is 5.26 Å². The molecule has 0 fully saturated rings. The van der Waals surface area contributed by atoms with E-state index in [-0.39, 0.29) is 11.3 Å². The Morgan fingerprint density at radius 1 is 1.32 bits per heavy atom. The van der Waals surface area contributed by atoms with E-state index in [0.29, 0.717) is 19.8 Å². The Morgan fingerprint density at radius 3 is 2.68 bits per heavy atom. The van der Waals surface area contributed by atoms with E-state index in [9.17, 15) is 9.90 Å². The van der Waals surface area contributed by atoms with Crippen LogP contribution < -0.4 is 5.32 Å². The fourth-order valence-electron chi connectivity index (χ4n) is 1.68. The van der Waals surface area contributed by atoms with Gasteiger partial charge in [-0.25, -0.2) is 0 Å². The maximum Gasteiger partial charge on any atom is 0.266 e. The zero-order valence-corrected chi connectivity index (χ0v) is 14.1. The Balaban J connectivity index is 2.26. The maximum atomic E-state index is 12.1. The molecule has 0 spiro atoms. The van der Waals surface area contributed by atoms with Gasteiger partial charge in [0.15, 0.2) is 0 Å². The third-order valence-corrected chi connectivity index (χ3v) is 3.96. The summed E-state index contributed by atoms with van der Waals surface area (Å²) in [5, 5.41) is 21.6. The van der Waals surface area contributed by atoms with E-state index >= 15 is 0 Å². The molecule has 2 N–H and O–H groups in total. The van der Waals surface area contributed by atoms with Crippen molar-refractivity contribution in [2.75, 3.05) is 5.32 Å². The van der Waals surface area contributed by atoms with Crippen LogP contribution in [0.1, 0.15) is 5.56 Å². The number of hydrogen-bond donors (Lipinski definition) is 2. The van der Waals surface area contributed by atoms with E-state index in [4.69, 9.17) is 16.9 Å². The summed E-state index contributed by atoms with van der Waals surface area (Å²) in [6.45, 7) is 0. The van der Waals surface area contributed by atoms with Crippen LogP contribution in [0, 0.1) is 14.9 Å². The molecule has 6 heteroatoms. The summed E-state index contributed by atoms with van der Waals surface area (Å²) in [7, 11) is 0. The Labute approximate surface area is 146 Å². The Kier molecular flexibility index (Phi) is 5.41. The number of nitrogens with zero attached hydrogens (tertiary/aromatic N) is 1. The van der Waals surface area contributed by atoms with Gasteiger partial charge < -0.3 is 10.4 Å². The molecule has 4 nitrogen and oxygen atoms in total. The first-order valence-electron chi connectivity index (χ1n) is 6.17. The minimum absolute atomic E-state index is 0.0543. The molecule has 22 heavy (non-hydrogen) atoms. The summed E-state index contributed by atoms with van der Waals surface area (Å²) in [5.41, 5.74) is 1.03. The molecule has 0 heterocycles. The molecule has 0 atom stereocenters. The van der Waals surface area contributed by atoms with Crippen molar-refractivity contribution in [2.45, 2.75) is 0 Å². The molecule has 2 aromatic rings. The highest BCUT2D eigenvalue weighted by Crippen LogP contribution is 2.23. The van der Waals surface area contributed by atoms with Crippen LogP contribution in [-0.2, 0) is 4.79 Å². The summed E-state index contributed by atoms with van der Waals surface area (Å²) < 4.78 is 0.634. The quantitative estimate of drug-likeness (QED) is 0.441. The number of amides is 1. The lowest BCUT2D eigenvalue weighted by molar-refractivity contribution is -0.112. The number of phenolic OH excluding ortho intramolecular Hbond substituents is 1. The lowest BCUT2D eigenvalue weighted by atomic mass is 10.1. The van der Waals surface area contributed by atoms with E-state index in [2.05, 4.69) is 5.32 Å². The molecule has 2 rings (SSSR count). The first-order valence-corrected chi connectivity index (χ1v) is 7.63. The highest BCUT2D eigenvalue weighted by atomic mass is 127. The highest BCUT2D eigenvalue weighted by Gasteiger charge is 2.11. The number of carbonyl (C=O) groups excluding carboxylic acids is 1. The number of aromatic hydroxyl groups is 1. The van der Waals surface area contributed by atoms with Gasteiger partial charge in [0.25, 0.3) is 5.91 Å². The number of hydrogen-bond acceptors (Lipinski definition) is 3. The molecule has 0 bridgehead atoms. The first-order chi connectivity index (χ1) is 10.5. The minimum Gasteiger partial charge on any atom is -0.507 e. The zero-order chi connectivity index (χ0) is 16.1. The lowest BCUT2D eigenvalue weighted by Crippen LogP contribution is -2.13. The summed E-state index contributed by atoms with van der Waals surface area (Å²) in [6, 6.07) is 13.5. The van der Waals surface area contributed by atoms with E-state index in [0.717, 1.165) is 0 Å². The number of halogens is 2. The van der Waals surface area contributed by atoms with Crippen LogP contribution in [0.25, 0.3) is 6.08 Å². The van der Waals surface area contributed by atoms with Crippen molar-refractivity contribution < 1.29 is 9.90 Å². The summed E-state index contributed by atoms with van der Waals surface area (Å²) in [4.78, 5) is 12.1. The van der Waals surface area contributed by atoms with E-state index in [1.807, 2.05) is 28.7 Å². The van der Waals surface area contributed by atoms with Gasteiger partial charge in [0.05, 0.1) is 14.3 Å². The number of benzene rings is 2. The monoisotopic (exact) mass is 424 g/mol. The SMILES string of the molecule is N#C/C(=C\c1ccc(O)c(I)c1)C(=O)Nc1ccccc1Cl. The van der Waals surface area contributed by atoms with Crippen LogP contribution in [0.2, 0.25) is 5.02 Å². The van der Waals surface area contributed by atoms with E-state index < -0.39 is 5.91 Å². The van der Waals surface area contributed by atoms with Crippen LogP contribution in [-0.4, -0.2) is 11.0 Å². The van der Waals surface area contributed by atoms with E-state index in [1.54, 1.807) is 36.4 Å². The molecule has 0 saturated heterocycles. The topological polar surface area (TPSA) is 73.1 Å². The Hall–Kier alpha value is -2.04. The maximum absolute atomic E-state index is 12.1. The van der Waals surface area contributed by atoms with Crippen molar-refractivity contribution in [3.63, 3.8) is 0 Å². The van der Waals surface area contributed by atoms with Crippen molar-refractivity contribution in [2.24, 2.45) is 0 Å². The molecule has 0 aliphatic heterocycles. The second-order valence-corrected chi connectivity index (χ2v) is 5.88. The number of rotatable bonds is 3. The molecule has 0 aliphatic rings. The fraction of sp³-hybridized carbons (Fsp3) is 0. The molecule has 0 unspecified atom stereocenters. The Bertz CT molecular complexity index is 797. The van der Waals surface area contributed by atoms with Crippen LogP contribution in [0.3, 0.4) is 0 Å². The summed E-state index contributed by atoms with van der Waals surface area (Å²) >= 11 is 7.94. The van der Waals surface area contributed by atoms with E-state index in [1.165, 1.54) is 12.1 Å². The predicted molar refractivity (Wildman–Crippen MR) is 94.5 cm³/mol. The summed E-state index contributed by atoms with van der Waals surface area (Å²) in [6.07, 6.45) is 1.45. The molecule has 0 radical (unpaired) electrons. The van der Waals surface area contributed by atoms with Gasteiger partial charge in [-0.1, -0.05) is 29.8 Å². The predicted octanol–water partition coefficient (Wildman–Crippen LogP) is 4.20. The lowest BCUT2D eigenvalue weighted by Gasteiger charge is -2.06. The standard InChI is InChI=1S/C16H10ClIN2O2/c17-12-3-1-2-4-14(12)20-16(22)11(9-19)7-10-5-6-15(21)13(18)8-10/h1-8,21H,(H,20,22)/b11-7+. The number of phenols is 1. The second kappa shape index (κ2) is 7.29. The average molecular weight is 425 g/mol. The van der Waals surface area contributed by atoms with Gasteiger partial charge in [-0.15, -0.1) is 0 Å². The normalized spacial score (nSPS) is 10.9. The van der Waals surface area contributed by atoms with Crippen molar-refractivity contribution in [1.29, 1.82) is 5.26 Å². The van der Waals surface area contributed by atoms with Crippen molar-refractivity contribution in [1.82, 2.24) is 0 Å². The van der Waals surface area contributed by atoms with Crippen LogP contribution >= 0.6 is 34.2 Å². The number of nitriles is 1. The largest absolute Gasteiger partial charge is 0.507 e. The van der Waals surface area contributed by atoms with Crippen LogP contribution in [0.4, 0.5) is 5.69 Å². The average Bonchev–Trinajstić information content (AvgIpc) is 2.50. The van der Waals surface area contributed by atoms with Gasteiger partial charge in [0.2, 0.25) is 0 Å². The van der Waals surface area contributed by atoms with Gasteiger partial charge in [-0.3, -0.25) is 4.79 Å². The number of anilines is 1. The second-order valence-electron chi connectivity index (χ2n) is 4.31. The smallest absolute Gasteiger partial charge is 0.266 e. The van der Waals surface area contributed by atoms with Crippen molar-refractivity contribution in [3.05, 3.63) is 62.2 Å². The number of carbonyl (C=O) groups is 1. The third kappa shape index (κ3) is 4.00. The molecule has 2 aromatic carbocycles. The third-order valence-electron chi connectivity index (χ3n) is 2.77. The number of para-hydroxylation sites is 1. The highest BCUT2D eigenvalue weighted by molar-refractivity contribution is 14.1. The zero-order valence-electron chi connectivity index (χ0n) is 11.2. The van der Waals surface area contributed by atoms with Crippen molar-refractivity contribution in [3.8, 4) is 11.8 Å².